The van der Waals surface area contributed by atoms with Crippen LogP contribution in [0.15, 0.2) is 29.1 Å². The van der Waals surface area contributed by atoms with Crippen molar-refractivity contribution < 1.29 is 0 Å². The summed E-state index contributed by atoms with van der Waals surface area (Å²) in [4.78, 5) is 7.32. The molecule has 1 aliphatic rings. The Kier molecular flexibility index (Phi) is 4.24. The van der Waals surface area contributed by atoms with E-state index in [1.54, 1.807) is 11.3 Å². The van der Waals surface area contributed by atoms with Gasteiger partial charge >= 0.3 is 0 Å². The summed E-state index contributed by atoms with van der Waals surface area (Å²) in [6, 6.07) is 4.98. The molecular formula is C18H25N3S. The molecule has 0 saturated carbocycles. The number of hydrogen-bond acceptors (Lipinski definition) is 4. The summed E-state index contributed by atoms with van der Waals surface area (Å²) in [5.74, 6) is 0. The van der Waals surface area contributed by atoms with E-state index in [0.29, 0.717) is 6.04 Å². The minimum absolute atomic E-state index is 0.108. The van der Waals surface area contributed by atoms with Crippen molar-refractivity contribution in [1.82, 2.24) is 10.3 Å². The standard InChI is InChI=1S/C18H25N3S/c1-13-9-16-17(20-10-13)18(2,3)12-21(16)15(5-7-19-4)14-6-8-22-11-14/h6,8-11,15,19H,5,7,12H2,1-4H3/t15-/m1/s1. The summed E-state index contributed by atoms with van der Waals surface area (Å²) in [7, 11) is 2.03. The van der Waals surface area contributed by atoms with Gasteiger partial charge in [0.15, 0.2) is 0 Å². The lowest BCUT2D eigenvalue weighted by atomic mass is 9.91. The first-order valence-electron chi connectivity index (χ1n) is 7.93. The molecule has 2 aromatic rings. The number of aryl methyl sites for hydroxylation is 1. The molecule has 0 fully saturated rings. The van der Waals surface area contributed by atoms with Crippen molar-refractivity contribution in [2.24, 2.45) is 0 Å². The molecule has 1 aliphatic heterocycles. The first-order valence-corrected chi connectivity index (χ1v) is 8.87. The lowest BCUT2D eigenvalue weighted by Gasteiger charge is -2.31. The van der Waals surface area contributed by atoms with Crippen LogP contribution in [0.5, 0.6) is 0 Å². The monoisotopic (exact) mass is 315 g/mol. The minimum Gasteiger partial charge on any atom is -0.362 e. The van der Waals surface area contributed by atoms with Crippen LogP contribution < -0.4 is 10.2 Å². The maximum Gasteiger partial charge on any atom is 0.0710 e. The maximum absolute atomic E-state index is 4.75. The van der Waals surface area contributed by atoms with Gasteiger partial charge in [0.05, 0.1) is 17.4 Å². The van der Waals surface area contributed by atoms with Gasteiger partial charge in [-0.05, 0) is 61.0 Å². The molecule has 1 atom stereocenters. The maximum atomic E-state index is 4.75. The van der Waals surface area contributed by atoms with E-state index in [4.69, 9.17) is 4.98 Å². The van der Waals surface area contributed by atoms with Crippen molar-refractivity contribution in [3.63, 3.8) is 0 Å². The highest BCUT2D eigenvalue weighted by molar-refractivity contribution is 7.08. The molecule has 3 heterocycles. The highest BCUT2D eigenvalue weighted by atomic mass is 32.1. The van der Waals surface area contributed by atoms with Gasteiger partial charge < -0.3 is 10.2 Å². The van der Waals surface area contributed by atoms with E-state index in [2.05, 4.69) is 53.9 Å². The smallest absolute Gasteiger partial charge is 0.0710 e. The van der Waals surface area contributed by atoms with Gasteiger partial charge in [0.2, 0.25) is 0 Å². The Morgan fingerprint density at radius 3 is 2.95 bits per heavy atom. The van der Waals surface area contributed by atoms with Crippen molar-refractivity contribution in [1.29, 1.82) is 0 Å². The number of fused-ring (bicyclic) bond motifs is 1. The Bertz CT molecular complexity index is 634. The Morgan fingerprint density at radius 1 is 1.45 bits per heavy atom. The van der Waals surface area contributed by atoms with Gasteiger partial charge in [-0.1, -0.05) is 13.8 Å². The van der Waals surface area contributed by atoms with Crippen LogP contribution >= 0.6 is 11.3 Å². The van der Waals surface area contributed by atoms with E-state index < -0.39 is 0 Å². The molecule has 4 heteroatoms. The molecule has 0 amide bonds. The average molecular weight is 315 g/mol. The van der Waals surface area contributed by atoms with Crippen LogP contribution in [0.25, 0.3) is 0 Å². The average Bonchev–Trinajstić information content (AvgIpc) is 3.07. The molecule has 1 N–H and O–H groups in total. The van der Waals surface area contributed by atoms with Crippen LogP contribution in [-0.4, -0.2) is 25.1 Å². The molecule has 3 rings (SSSR count). The molecule has 2 aromatic heterocycles. The number of hydrogen-bond donors (Lipinski definition) is 1. The van der Waals surface area contributed by atoms with Crippen LogP contribution in [0.2, 0.25) is 0 Å². The molecular weight excluding hydrogens is 290 g/mol. The molecule has 0 aliphatic carbocycles. The molecule has 0 aromatic carbocycles. The lowest BCUT2D eigenvalue weighted by molar-refractivity contribution is 0.491. The predicted octanol–water partition coefficient (Wildman–Crippen LogP) is 3.90. The predicted molar refractivity (Wildman–Crippen MR) is 94.9 cm³/mol. The SMILES string of the molecule is CNCC[C@H](c1ccsc1)N1CC(C)(C)c2ncc(C)cc21. The van der Waals surface area contributed by atoms with Crippen molar-refractivity contribution >= 4 is 17.0 Å². The van der Waals surface area contributed by atoms with Gasteiger partial charge in [-0.2, -0.15) is 11.3 Å². The van der Waals surface area contributed by atoms with Crippen molar-refractivity contribution in [2.45, 2.75) is 38.6 Å². The fraction of sp³-hybridized carbons (Fsp3) is 0.500. The van der Waals surface area contributed by atoms with Gasteiger partial charge in [0.1, 0.15) is 0 Å². The molecule has 0 radical (unpaired) electrons. The summed E-state index contributed by atoms with van der Waals surface area (Å²) < 4.78 is 0. The Labute approximate surface area is 137 Å². The first kappa shape index (κ1) is 15.5. The van der Waals surface area contributed by atoms with E-state index >= 15 is 0 Å². The van der Waals surface area contributed by atoms with Crippen molar-refractivity contribution in [2.75, 3.05) is 25.0 Å². The van der Waals surface area contributed by atoms with Crippen molar-refractivity contribution in [3.05, 3.63) is 45.9 Å². The second-order valence-electron chi connectivity index (χ2n) is 6.86. The quantitative estimate of drug-likeness (QED) is 0.907. The zero-order valence-corrected chi connectivity index (χ0v) is 14.7. The second kappa shape index (κ2) is 6.01. The van der Waals surface area contributed by atoms with Crippen LogP contribution in [-0.2, 0) is 5.41 Å². The van der Waals surface area contributed by atoms with Gasteiger partial charge in [0, 0.05) is 18.2 Å². The summed E-state index contributed by atoms with van der Waals surface area (Å²) in [5.41, 5.74) is 5.32. The van der Waals surface area contributed by atoms with Gasteiger partial charge in [-0.15, -0.1) is 0 Å². The first-order chi connectivity index (χ1) is 10.5. The fourth-order valence-electron chi connectivity index (χ4n) is 3.41. The van der Waals surface area contributed by atoms with Crippen LogP contribution in [0.1, 0.15) is 43.1 Å². The zero-order valence-electron chi connectivity index (χ0n) is 13.9. The van der Waals surface area contributed by atoms with E-state index in [0.717, 1.165) is 19.5 Å². The van der Waals surface area contributed by atoms with Crippen LogP contribution in [0, 0.1) is 6.92 Å². The zero-order chi connectivity index (χ0) is 15.7. The van der Waals surface area contributed by atoms with Gasteiger partial charge in [0.25, 0.3) is 0 Å². The molecule has 0 saturated heterocycles. The number of nitrogens with one attached hydrogen (secondary N) is 1. The summed E-state index contributed by atoms with van der Waals surface area (Å²) in [6.45, 7) is 8.78. The van der Waals surface area contributed by atoms with Crippen molar-refractivity contribution in [3.8, 4) is 0 Å². The summed E-state index contributed by atoms with van der Waals surface area (Å²) >= 11 is 1.78. The fourth-order valence-corrected chi connectivity index (χ4v) is 4.11. The van der Waals surface area contributed by atoms with E-state index in [1.165, 1.54) is 22.5 Å². The van der Waals surface area contributed by atoms with Crippen LogP contribution in [0.4, 0.5) is 5.69 Å². The number of aromatic nitrogens is 1. The van der Waals surface area contributed by atoms with E-state index in [1.807, 2.05) is 13.2 Å². The molecule has 0 spiro atoms. The third kappa shape index (κ3) is 2.77. The number of thiophene rings is 1. The lowest BCUT2D eigenvalue weighted by Crippen LogP contribution is -2.33. The highest BCUT2D eigenvalue weighted by Crippen LogP contribution is 2.44. The Hall–Kier alpha value is -1.39. The Balaban J connectivity index is 2.01. The Morgan fingerprint density at radius 2 is 2.27 bits per heavy atom. The third-order valence-electron chi connectivity index (χ3n) is 4.49. The van der Waals surface area contributed by atoms with Gasteiger partial charge in [-0.25, -0.2) is 0 Å². The number of rotatable bonds is 5. The third-order valence-corrected chi connectivity index (χ3v) is 5.19. The second-order valence-corrected chi connectivity index (χ2v) is 7.64. The normalized spacial score (nSPS) is 17.5. The van der Waals surface area contributed by atoms with E-state index in [-0.39, 0.29) is 5.41 Å². The largest absolute Gasteiger partial charge is 0.362 e. The molecule has 3 nitrogen and oxygen atoms in total. The molecule has 22 heavy (non-hydrogen) atoms. The number of anilines is 1. The minimum atomic E-state index is 0.108. The molecule has 0 unspecified atom stereocenters. The summed E-state index contributed by atoms with van der Waals surface area (Å²) in [6.07, 6.45) is 3.11. The molecule has 118 valence electrons. The number of nitrogens with zero attached hydrogens (tertiary/aromatic N) is 2. The highest BCUT2D eigenvalue weighted by Gasteiger charge is 2.39. The summed E-state index contributed by atoms with van der Waals surface area (Å²) in [5, 5.41) is 7.77. The molecule has 0 bridgehead atoms. The topological polar surface area (TPSA) is 28.2 Å². The van der Waals surface area contributed by atoms with E-state index in [9.17, 15) is 0 Å². The van der Waals surface area contributed by atoms with Gasteiger partial charge in [-0.3, -0.25) is 4.98 Å². The van der Waals surface area contributed by atoms with Crippen LogP contribution in [0.3, 0.4) is 0 Å². The number of pyridine rings is 1.